The van der Waals surface area contributed by atoms with E-state index in [-0.39, 0.29) is 11.9 Å². The van der Waals surface area contributed by atoms with Crippen molar-refractivity contribution in [2.45, 2.75) is 33.1 Å². The van der Waals surface area contributed by atoms with Crippen LogP contribution in [0.2, 0.25) is 0 Å². The molecule has 0 radical (unpaired) electrons. The van der Waals surface area contributed by atoms with Crippen LogP contribution in [0.1, 0.15) is 33.1 Å². The molecule has 1 aliphatic carbocycles. The van der Waals surface area contributed by atoms with Crippen molar-refractivity contribution >= 4 is 11.9 Å². The van der Waals surface area contributed by atoms with Gasteiger partial charge in [-0.25, -0.2) is 0 Å². The molecule has 1 fully saturated rings. The van der Waals surface area contributed by atoms with Gasteiger partial charge in [0.25, 0.3) is 0 Å². The second kappa shape index (κ2) is 4.64. The first-order valence-corrected chi connectivity index (χ1v) is 5.50. The van der Waals surface area contributed by atoms with Gasteiger partial charge in [0.2, 0.25) is 5.91 Å². The lowest BCUT2D eigenvalue weighted by Gasteiger charge is -2.40. The fourth-order valence-electron chi connectivity index (χ4n) is 2.04. The first kappa shape index (κ1) is 12.0. The molecule has 15 heavy (non-hydrogen) atoms. The number of hydrogen-bond donors (Lipinski definition) is 0. The van der Waals surface area contributed by atoms with E-state index in [9.17, 15) is 9.59 Å². The van der Waals surface area contributed by atoms with Crippen LogP contribution in [0.15, 0.2) is 0 Å². The van der Waals surface area contributed by atoms with Crippen LogP contribution in [0.3, 0.4) is 0 Å². The molecule has 0 unspecified atom stereocenters. The quantitative estimate of drug-likeness (QED) is 0.520. The smallest absolute Gasteiger partial charge is 0.321 e. The van der Waals surface area contributed by atoms with E-state index in [4.69, 9.17) is 4.74 Å². The Bertz CT molecular complexity index is 255. The Morgan fingerprint density at radius 2 is 1.80 bits per heavy atom. The van der Waals surface area contributed by atoms with E-state index < -0.39 is 5.41 Å². The Kier molecular flexibility index (Phi) is 3.72. The molecule has 1 amide bonds. The van der Waals surface area contributed by atoms with Gasteiger partial charge in [-0.05, 0) is 26.7 Å². The average molecular weight is 213 g/mol. The van der Waals surface area contributed by atoms with Gasteiger partial charge in [-0.2, -0.15) is 0 Å². The topological polar surface area (TPSA) is 46.6 Å². The summed E-state index contributed by atoms with van der Waals surface area (Å²) in [6.45, 7) is 5.14. The predicted molar refractivity (Wildman–Crippen MR) is 56.2 cm³/mol. The molecule has 0 spiro atoms. The number of esters is 1. The molecule has 0 saturated heterocycles. The summed E-state index contributed by atoms with van der Waals surface area (Å²) in [5, 5.41) is 0. The fraction of sp³-hybridized carbons (Fsp3) is 0.818. The van der Waals surface area contributed by atoms with Crippen molar-refractivity contribution in [2.75, 3.05) is 20.2 Å². The zero-order valence-electron chi connectivity index (χ0n) is 9.71. The van der Waals surface area contributed by atoms with Crippen LogP contribution < -0.4 is 0 Å². The summed E-state index contributed by atoms with van der Waals surface area (Å²) >= 11 is 0. The van der Waals surface area contributed by atoms with Gasteiger partial charge in [0.1, 0.15) is 5.41 Å². The Balaban J connectivity index is 2.82. The number of carbonyl (C=O) groups is 2. The molecule has 1 saturated carbocycles. The Morgan fingerprint density at radius 3 is 2.07 bits per heavy atom. The van der Waals surface area contributed by atoms with Gasteiger partial charge in [-0.3, -0.25) is 9.59 Å². The monoisotopic (exact) mass is 213 g/mol. The maximum atomic E-state index is 12.1. The van der Waals surface area contributed by atoms with Crippen LogP contribution in [0.5, 0.6) is 0 Å². The molecule has 0 bridgehead atoms. The minimum Gasteiger partial charge on any atom is -0.468 e. The Labute approximate surface area is 90.6 Å². The van der Waals surface area contributed by atoms with Gasteiger partial charge in [-0.1, -0.05) is 6.42 Å². The molecule has 0 atom stereocenters. The third kappa shape index (κ3) is 1.85. The highest BCUT2D eigenvalue weighted by Gasteiger charge is 2.53. The van der Waals surface area contributed by atoms with E-state index in [2.05, 4.69) is 0 Å². The standard InChI is InChI=1S/C11H19NO3/c1-4-12(5-2)9(13)11(7-6-8-11)10(14)15-3/h4-8H2,1-3H3. The highest BCUT2D eigenvalue weighted by Crippen LogP contribution is 2.43. The molecule has 1 aliphatic rings. The van der Waals surface area contributed by atoms with Crippen molar-refractivity contribution in [1.82, 2.24) is 4.90 Å². The molecule has 0 aromatic rings. The van der Waals surface area contributed by atoms with Crippen molar-refractivity contribution in [3.63, 3.8) is 0 Å². The molecule has 0 heterocycles. The molecule has 0 N–H and O–H groups in total. The van der Waals surface area contributed by atoms with Gasteiger partial charge >= 0.3 is 5.97 Å². The highest BCUT2D eigenvalue weighted by atomic mass is 16.5. The van der Waals surface area contributed by atoms with Crippen LogP contribution in [0, 0.1) is 5.41 Å². The fourth-order valence-corrected chi connectivity index (χ4v) is 2.04. The van der Waals surface area contributed by atoms with E-state index >= 15 is 0 Å². The van der Waals surface area contributed by atoms with Crippen LogP contribution >= 0.6 is 0 Å². The third-order valence-electron chi connectivity index (χ3n) is 3.24. The van der Waals surface area contributed by atoms with E-state index in [0.29, 0.717) is 25.9 Å². The molecule has 4 heteroatoms. The highest BCUT2D eigenvalue weighted by molar-refractivity contribution is 6.03. The number of amides is 1. The van der Waals surface area contributed by atoms with Crippen molar-refractivity contribution in [2.24, 2.45) is 5.41 Å². The normalized spacial score (nSPS) is 17.8. The van der Waals surface area contributed by atoms with Crippen LogP contribution in [-0.4, -0.2) is 37.0 Å². The number of hydrogen-bond acceptors (Lipinski definition) is 3. The lowest BCUT2D eigenvalue weighted by Crippen LogP contribution is -2.53. The molecular weight excluding hydrogens is 194 g/mol. The van der Waals surface area contributed by atoms with Crippen molar-refractivity contribution in [3.05, 3.63) is 0 Å². The lowest BCUT2D eigenvalue weighted by molar-refractivity contribution is -0.169. The summed E-state index contributed by atoms with van der Waals surface area (Å²) in [6, 6.07) is 0. The third-order valence-corrected chi connectivity index (χ3v) is 3.24. The minimum absolute atomic E-state index is 0.0643. The molecule has 0 aromatic heterocycles. The van der Waals surface area contributed by atoms with Gasteiger partial charge < -0.3 is 9.64 Å². The number of methoxy groups -OCH3 is 1. The average Bonchev–Trinajstić information content (AvgIpc) is 2.17. The number of carbonyl (C=O) groups excluding carboxylic acids is 2. The Morgan fingerprint density at radius 1 is 1.27 bits per heavy atom. The largest absolute Gasteiger partial charge is 0.468 e. The van der Waals surface area contributed by atoms with E-state index in [1.165, 1.54) is 7.11 Å². The van der Waals surface area contributed by atoms with Gasteiger partial charge in [0, 0.05) is 13.1 Å². The summed E-state index contributed by atoms with van der Waals surface area (Å²) in [5.41, 5.74) is -0.860. The predicted octanol–water partition coefficient (Wildman–Crippen LogP) is 1.20. The maximum absolute atomic E-state index is 12.1. The number of rotatable bonds is 4. The zero-order chi connectivity index (χ0) is 11.5. The second-order valence-corrected chi connectivity index (χ2v) is 3.90. The van der Waals surface area contributed by atoms with Crippen molar-refractivity contribution in [3.8, 4) is 0 Å². The summed E-state index contributed by atoms with van der Waals surface area (Å²) in [6.07, 6.45) is 2.20. The van der Waals surface area contributed by atoms with Crippen molar-refractivity contribution < 1.29 is 14.3 Å². The summed E-state index contributed by atoms with van der Waals surface area (Å²) in [7, 11) is 1.35. The van der Waals surface area contributed by atoms with E-state index in [1.54, 1.807) is 4.90 Å². The molecule has 4 nitrogen and oxygen atoms in total. The molecule has 86 valence electrons. The van der Waals surface area contributed by atoms with Crippen LogP contribution in [0.4, 0.5) is 0 Å². The molecule has 1 rings (SSSR count). The maximum Gasteiger partial charge on any atom is 0.321 e. The molecular formula is C11H19NO3. The van der Waals surface area contributed by atoms with Crippen molar-refractivity contribution in [1.29, 1.82) is 0 Å². The molecule has 0 aromatic carbocycles. The summed E-state index contributed by atoms with van der Waals surface area (Å²) < 4.78 is 4.73. The first-order valence-electron chi connectivity index (χ1n) is 5.50. The first-order chi connectivity index (χ1) is 7.12. The van der Waals surface area contributed by atoms with E-state index in [1.807, 2.05) is 13.8 Å². The summed E-state index contributed by atoms with van der Waals surface area (Å²) in [4.78, 5) is 25.5. The van der Waals surface area contributed by atoms with Gasteiger partial charge in [0.15, 0.2) is 0 Å². The number of nitrogens with zero attached hydrogens (tertiary/aromatic N) is 1. The second-order valence-electron chi connectivity index (χ2n) is 3.90. The van der Waals surface area contributed by atoms with Gasteiger partial charge in [-0.15, -0.1) is 0 Å². The molecule has 0 aliphatic heterocycles. The number of ether oxygens (including phenoxy) is 1. The Hall–Kier alpha value is -1.06. The lowest BCUT2D eigenvalue weighted by atomic mass is 9.67. The van der Waals surface area contributed by atoms with Crippen LogP contribution in [0.25, 0.3) is 0 Å². The van der Waals surface area contributed by atoms with Crippen LogP contribution in [-0.2, 0) is 14.3 Å². The summed E-state index contributed by atoms with van der Waals surface area (Å²) in [5.74, 6) is -0.434. The van der Waals surface area contributed by atoms with Gasteiger partial charge in [0.05, 0.1) is 7.11 Å². The SMILES string of the molecule is CCN(CC)C(=O)C1(C(=O)OC)CCC1. The zero-order valence-corrected chi connectivity index (χ0v) is 9.71. The minimum atomic E-state index is -0.860. The van der Waals surface area contributed by atoms with E-state index in [0.717, 1.165) is 6.42 Å².